The van der Waals surface area contributed by atoms with E-state index in [4.69, 9.17) is 0 Å². The van der Waals surface area contributed by atoms with E-state index in [1.165, 1.54) is 63.6 Å². The number of thiophene rings is 1. The maximum absolute atomic E-state index is 3.79. The van der Waals surface area contributed by atoms with Crippen LogP contribution in [0.3, 0.4) is 0 Å². The van der Waals surface area contributed by atoms with Gasteiger partial charge in [0.25, 0.3) is 0 Å². The first kappa shape index (κ1) is 16.8. The van der Waals surface area contributed by atoms with Gasteiger partial charge in [-0.05, 0) is 56.1 Å². The zero-order chi connectivity index (χ0) is 19.8. The molecule has 7 rings (SSSR count). The third kappa shape index (κ3) is 2.15. The zero-order valence-corrected chi connectivity index (χ0v) is 18.3. The predicted octanol–water partition coefficient (Wildman–Crippen LogP) is 9.38. The molecule has 0 N–H and O–H groups in total. The van der Waals surface area contributed by atoms with Gasteiger partial charge in [0.2, 0.25) is 0 Å². The maximum Gasteiger partial charge on any atom is 0.0434 e. The average Bonchev–Trinajstić information content (AvgIpc) is 3.17. The van der Waals surface area contributed by atoms with Crippen molar-refractivity contribution in [3.63, 3.8) is 0 Å². The highest BCUT2D eigenvalue weighted by molar-refractivity contribution is 9.10. The van der Waals surface area contributed by atoms with Gasteiger partial charge in [-0.1, -0.05) is 88.7 Å². The minimum atomic E-state index is 1.16. The Morgan fingerprint density at radius 1 is 0.533 bits per heavy atom. The third-order valence-electron chi connectivity index (χ3n) is 6.27. The molecule has 0 saturated heterocycles. The third-order valence-corrected chi connectivity index (χ3v) is 8.14. The van der Waals surface area contributed by atoms with Gasteiger partial charge in [-0.15, -0.1) is 11.3 Å². The van der Waals surface area contributed by atoms with Gasteiger partial charge in [0.15, 0.2) is 0 Å². The second-order valence-corrected chi connectivity index (χ2v) is 9.78. The quantitative estimate of drug-likeness (QED) is 0.213. The van der Waals surface area contributed by atoms with Crippen molar-refractivity contribution in [3.8, 4) is 11.1 Å². The van der Waals surface area contributed by atoms with Gasteiger partial charge in [-0.3, -0.25) is 0 Å². The van der Waals surface area contributed by atoms with Gasteiger partial charge in [0, 0.05) is 30.2 Å². The number of halogens is 1. The van der Waals surface area contributed by atoms with Crippen LogP contribution in [-0.2, 0) is 0 Å². The summed E-state index contributed by atoms with van der Waals surface area (Å²) in [5.41, 5.74) is 2.65. The molecule has 0 fully saturated rings. The van der Waals surface area contributed by atoms with Gasteiger partial charge in [0.05, 0.1) is 0 Å². The number of fused-ring (bicyclic) bond motifs is 3. The van der Waals surface area contributed by atoms with E-state index in [1.807, 2.05) is 11.3 Å². The highest BCUT2D eigenvalue weighted by atomic mass is 79.9. The van der Waals surface area contributed by atoms with Crippen LogP contribution in [0.25, 0.3) is 63.6 Å². The van der Waals surface area contributed by atoms with E-state index in [2.05, 4.69) is 107 Å². The Morgan fingerprint density at radius 2 is 1.20 bits per heavy atom. The lowest BCUT2D eigenvalue weighted by Gasteiger charge is -2.16. The fraction of sp³-hybridized carbons (Fsp3) is 0. The van der Waals surface area contributed by atoms with Crippen molar-refractivity contribution in [2.24, 2.45) is 0 Å². The van der Waals surface area contributed by atoms with Crippen molar-refractivity contribution in [3.05, 3.63) is 95.5 Å². The Kier molecular flexibility index (Phi) is 3.38. The molecule has 0 spiro atoms. The van der Waals surface area contributed by atoms with Gasteiger partial charge < -0.3 is 0 Å². The largest absolute Gasteiger partial charge is 0.135 e. The molecule has 6 aromatic carbocycles. The Balaban J connectivity index is 1.70. The zero-order valence-electron chi connectivity index (χ0n) is 15.9. The lowest BCUT2D eigenvalue weighted by atomic mass is 9.89. The molecule has 0 nitrogen and oxygen atoms in total. The fourth-order valence-corrected chi connectivity index (χ4v) is 6.80. The van der Waals surface area contributed by atoms with E-state index in [0.29, 0.717) is 0 Å². The summed E-state index contributed by atoms with van der Waals surface area (Å²) in [7, 11) is 0. The molecule has 1 aromatic heterocycles. The Hall–Kier alpha value is -2.94. The highest BCUT2D eigenvalue weighted by Gasteiger charge is 2.17. The Morgan fingerprint density at radius 3 is 2.10 bits per heavy atom. The molecule has 0 aliphatic rings. The number of hydrogen-bond acceptors (Lipinski definition) is 1. The first-order chi connectivity index (χ1) is 14.8. The molecule has 2 heteroatoms. The highest BCUT2D eigenvalue weighted by Crippen LogP contribution is 2.46. The minimum absolute atomic E-state index is 1.16. The number of benzene rings is 6. The van der Waals surface area contributed by atoms with E-state index in [-0.39, 0.29) is 0 Å². The summed E-state index contributed by atoms with van der Waals surface area (Å²) in [5.74, 6) is 0. The second-order valence-electron chi connectivity index (χ2n) is 7.87. The molecular formula is C28H15BrS. The standard InChI is InChI=1S/C28H15BrS/c29-24-15-17-7-3-9-19-23(14-16-6-4-12-22(24)27(16)26(17)19)21-11-5-10-20-18-8-1-2-13-25(18)30-28(20)21/h1-15H. The SMILES string of the molecule is Brc1cc2cccc3c(-c4cccc5c4sc4ccccc45)cc4cccc1c4c23. The molecule has 1 heterocycles. The van der Waals surface area contributed by atoms with Crippen LogP contribution in [0.2, 0.25) is 0 Å². The summed E-state index contributed by atoms with van der Waals surface area (Å²) < 4.78 is 3.88. The second kappa shape index (κ2) is 6.04. The van der Waals surface area contributed by atoms with Crippen LogP contribution < -0.4 is 0 Å². The van der Waals surface area contributed by atoms with Crippen LogP contribution >= 0.6 is 27.3 Å². The molecule has 0 unspecified atom stereocenters. The van der Waals surface area contributed by atoms with Crippen LogP contribution in [0.1, 0.15) is 0 Å². The van der Waals surface area contributed by atoms with Gasteiger partial charge in [-0.25, -0.2) is 0 Å². The van der Waals surface area contributed by atoms with Crippen LogP contribution in [0.5, 0.6) is 0 Å². The lowest BCUT2D eigenvalue weighted by Crippen LogP contribution is -1.89. The van der Waals surface area contributed by atoms with Crippen LogP contribution in [0.4, 0.5) is 0 Å². The van der Waals surface area contributed by atoms with Crippen molar-refractivity contribution < 1.29 is 0 Å². The molecule has 0 saturated carbocycles. The lowest BCUT2D eigenvalue weighted by molar-refractivity contribution is 1.73. The molecule has 0 amide bonds. The first-order valence-electron chi connectivity index (χ1n) is 10.1. The summed E-state index contributed by atoms with van der Waals surface area (Å²) in [6.45, 7) is 0. The normalized spacial score (nSPS) is 12.2. The van der Waals surface area contributed by atoms with Gasteiger partial charge in [0.1, 0.15) is 0 Å². The maximum atomic E-state index is 3.79. The van der Waals surface area contributed by atoms with E-state index >= 15 is 0 Å². The van der Waals surface area contributed by atoms with Crippen molar-refractivity contribution in [2.75, 3.05) is 0 Å². The summed E-state index contributed by atoms with van der Waals surface area (Å²) in [6.07, 6.45) is 0. The molecule has 0 bridgehead atoms. The molecule has 0 aliphatic carbocycles. The molecule has 7 aromatic rings. The average molecular weight is 463 g/mol. The van der Waals surface area contributed by atoms with Crippen molar-refractivity contribution >= 4 is 79.8 Å². The van der Waals surface area contributed by atoms with E-state index < -0.39 is 0 Å². The van der Waals surface area contributed by atoms with Gasteiger partial charge >= 0.3 is 0 Å². The fourth-order valence-electron chi connectivity index (χ4n) is 4.99. The molecule has 0 atom stereocenters. The van der Waals surface area contributed by atoms with Crippen molar-refractivity contribution in [1.29, 1.82) is 0 Å². The minimum Gasteiger partial charge on any atom is -0.135 e. The monoisotopic (exact) mass is 462 g/mol. The molecule has 0 radical (unpaired) electrons. The summed E-state index contributed by atoms with van der Waals surface area (Å²) in [4.78, 5) is 0. The molecule has 30 heavy (non-hydrogen) atoms. The van der Waals surface area contributed by atoms with Crippen LogP contribution in [0, 0.1) is 0 Å². The van der Waals surface area contributed by atoms with Crippen molar-refractivity contribution in [2.45, 2.75) is 0 Å². The summed E-state index contributed by atoms with van der Waals surface area (Å²) in [6, 6.07) is 33.4. The predicted molar refractivity (Wildman–Crippen MR) is 136 cm³/mol. The summed E-state index contributed by atoms with van der Waals surface area (Å²) >= 11 is 5.69. The Bertz CT molecular complexity index is 1760. The number of rotatable bonds is 1. The smallest absolute Gasteiger partial charge is 0.0434 e. The van der Waals surface area contributed by atoms with Crippen molar-refractivity contribution in [1.82, 2.24) is 0 Å². The first-order valence-corrected chi connectivity index (χ1v) is 11.7. The number of hydrogen-bond donors (Lipinski definition) is 0. The molecular weight excluding hydrogens is 448 g/mol. The van der Waals surface area contributed by atoms with E-state index in [1.54, 1.807) is 0 Å². The van der Waals surface area contributed by atoms with E-state index in [9.17, 15) is 0 Å². The van der Waals surface area contributed by atoms with Gasteiger partial charge in [-0.2, -0.15) is 0 Å². The van der Waals surface area contributed by atoms with Crippen LogP contribution in [-0.4, -0.2) is 0 Å². The topological polar surface area (TPSA) is 0 Å². The van der Waals surface area contributed by atoms with Crippen LogP contribution in [0.15, 0.2) is 95.5 Å². The molecule has 140 valence electrons. The van der Waals surface area contributed by atoms with E-state index in [0.717, 1.165) is 4.47 Å². The Labute approximate surface area is 185 Å². The summed E-state index contributed by atoms with van der Waals surface area (Å²) in [5, 5.41) is 10.6. The molecule has 0 aliphatic heterocycles.